The molecule has 1 aromatic heterocycles. The summed E-state index contributed by atoms with van der Waals surface area (Å²) in [4.78, 5) is 24.7. The third-order valence-electron chi connectivity index (χ3n) is 1.59. The van der Waals surface area contributed by atoms with Crippen molar-refractivity contribution in [2.45, 2.75) is 6.18 Å². The average molecular weight is 246 g/mol. The summed E-state index contributed by atoms with van der Waals surface area (Å²) in [5.74, 6) is -0.953. The summed E-state index contributed by atoms with van der Waals surface area (Å²) in [5, 5.41) is 3.84. The highest BCUT2D eigenvalue weighted by atomic mass is 19.4. The fraction of sp³-hybridized carbons (Fsp3) is 0.111. The number of pyridine rings is 1. The van der Waals surface area contributed by atoms with Gasteiger partial charge in [-0.2, -0.15) is 13.2 Å². The van der Waals surface area contributed by atoms with Crippen molar-refractivity contribution in [2.75, 3.05) is 5.32 Å². The molecule has 0 saturated heterocycles. The molecule has 3 amide bonds. The summed E-state index contributed by atoms with van der Waals surface area (Å²) in [6, 6.07) is 0.808. The van der Waals surface area contributed by atoms with Gasteiger partial charge in [0.25, 0.3) is 0 Å². The maximum Gasteiger partial charge on any atom is 0.417 e. The third kappa shape index (κ3) is 4.09. The molecule has 91 valence electrons. The summed E-state index contributed by atoms with van der Waals surface area (Å²) >= 11 is 0. The molecule has 0 saturated carbocycles. The van der Waals surface area contributed by atoms with Gasteiger partial charge in [-0.15, -0.1) is 0 Å². The van der Waals surface area contributed by atoms with Gasteiger partial charge in [0, 0.05) is 13.1 Å². The van der Waals surface area contributed by atoms with Gasteiger partial charge in [0.2, 0.25) is 5.91 Å². The van der Waals surface area contributed by atoms with Gasteiger partial charge in [-0.1, -0.05) is 0 Å². The summed E-state index contributed by atoms with van der Waals surface area (Å²) in [7, 11) is 0. The Morgan fingerprint density at radius 3 is 2.35 bits per heavy atom. The van der Waals surface area contributed by atoms with E-state index in [1.54, 1.807) is 5.32 Å². The van der Waals surface area contributed by atoms with Crippen molar-refractivity contribution in [2.24, 2.45) is 0 Å². The highest BCUT2D eigenvalue weighted by molar-refractivity contribution is 6.02. The minimum Gasteiger partial charge on any atom is -0.292 e. The number of nitrogens with one attached hydrogen (secondary N) is 2. The van der Waals surface area contributed by atoms with Crippen LogP contribution in [0.5, 0.6) is 0 Å². The highest BCUT2D eigenvalue weighted by Gasteiger charge is 2.30. The molecule has 0 bridgehead atoms. The molecule has 2 N–H and O–H groups in total. The van der Waals surface area contributed by atoms with Gasteiger partial charge < -0.3 is 0 Å². The number of anilines is 1. The molecule has 0 unspecified atom stereocenters. The second-order valence-corrected chi connectivity index (χ2v) is 2.93. The number of halogens is 3. The van der Waals surface area contributed by atoms with E-state index in [-0.39, 0.29) is 5.82 Å². The van der Waals surface area contributed by atoms with Gasteiger partial charge in [0.1, 0.15) is 5.82 Å². The quantitative estimate of drug-likeness (QED) is 0.790. The second kappa shape index (κ2) is 4.81. The molecule has 8 heteroatoms. The van der Waals surface area contributed by atoms with Crippen LogP contribution in [0, 0.1) is 6.92 Å². The van der Waals surface area contributed by atoms with Crippen LogP contribution in [0.25, 0.3) is 0 Å². The van der Waals surface area contributed by atoms with Crippen molar-refractivity contribution in [3.63, 3.8) is 0 Å². The van der Waals surface area contributed by atoms with Crippen LogP contribution in [-0.2, 0) is 11.0 Å². The summed E-state index contributed by atoms with van der Waals surface area (Å²) in [6.07, 6.45) is -3.92. The molecule has 0 aliphatic heterocycles. The van der Waals surface area contributed by atoms with Crippen molar-refractivity contribution >= 4 is 17.8 Å². The largest absolute Gasteiger partial charge is 0.417 e. The monoisotopic (exact) mass is 246 g/mol. The molecule has 1 heterocycles. The predicted octanol–water partition coefficient (Wildman–Crippen LogP) is 1.58. The molecule has 1 rings (SSSR count). The molecule has 0 aliphatic rings. The van der Waals surface area contributed by atoms with Crippen LogP contribution in [-0.4, -0.2) is 16.9 Å². The second-order valence-electron chi connectivity index (χ2n) is 2.93. The van der Waals surface area contributed by atoms with Crippen molar-refractivity contribution in [1.29, 1.82) is 0 Å². The lowest BCUT2D eigenvalue weighted by atomic mass is 10.3. The van der Waals surface area contributed by atoms with E-state index in [2.05, 4.69) is 17.2 Å². The van der Waals surface area contributed by atoms with E-state index in [4.69, 9.17) is 0 Å². The normalized spacial score (nSPS) is 10.8. The molecule has 0 spiro atoms. The molecular weight excluding hydrogens is 239 g/mol. The lowest BCUT2D eigenvalue weighted by molar-refractivity contribution is -0.137. The smallest absolute Gasteiger partial charge is 0.292 e. The Kier molecular flexibility index (Phi) is 3.66. The molecule has 0 atom stereocenters. The van der Waals surface area contributed by atoms with Crippen molar-refractivity contribution in [1.82, 2.24) is 10.3 Å². The third-order valence-corrected chi connectivity index (χ3v) is 1.59. The number of hydrogen-bond acceptors (Lipinski definition) is 3. The number of carbonyl (C=O) groups excluding carboxylic acids is 2. The standard InChI is InChI=1S/C9H7F3N3O2/c1-5(16)14-8(17)15-7-3-2-6(4-13-7)9(10,11)12/h2-4H,1H2,(H2,13,14,15,16,17). The van der Waals surface area contributed by atoms with Crippen LogP contribution in [0.2, 0.25) is 0 Å². The Labute approximate surface area is 94.0 Å². The van der Waals surface area contributed by atoms with Crippen molar-refractivity contribution in [3.05, 3.63) is 30.8 Å². The first-order valence-corrected chi connectivity index (χ1v) is 4.26. The number of carbonyl (C=O) groups is 2. The molecule has 17 heavy (non-hydrogen) atoms. The number of urea groups is 1. The van der Waals surface area contributed by atoms with Crippen LogP contribution in [0.3, 0.4) is 0 Å². The van der Waals surface area contributed by atoms with E-state index in [1.165, 1.54) is 0 Å². The predicted molar refractivity (Wildman–Crippen MR) is 51.8 cm³/mol. The van der Waals surface area contributed by atoms with Crippen molar-refractivity contribution in [3.8, 4) is 0 Å². The van der Waals surface area contributed by atoms with Crippen molar-refractivity contribution < 1.29 is 22.8 Å². The minimum atomic E-state index is -4.49. The first-order valence-electron chi connectivity index (χ1n) is 4.26. The van der Waals surface area contributed by atoms with Gasteiger partial charge in [-0.05, 0) is 12.1 Å². The summed E-state index contributed by atoms with van der Waals surface area (Å²) in [6.45, 7) is 2.89. The number of nitrogens with zero attached hydrogens (tertiary/aromatic N) is 1. The molecule has 5 nitrogen and oxygen atoms in total. The first-order chi connectivity index (χ1) is 7.79. The zero-order valence-corrected chi connectivity index (χ0v) is 8.34. The van der Waals surface area contributed by atoms with Crippen LogP contribution in [0.1, 0.15) is 5.56 Å². The topological polar surface area (TPSA) is 71.1 Å². The van der Waals surface area contributed by atoms with Gasteiger partial charge >= 0.3 is 12.2 Å². The number of alkyl halides is 3. The molecular formula is C9H7F3N3O2. The summed E-state index contributed by atoms with van der Waals surface area (Å²) < 4.78 is 36.5. The molecule has 1 radical (unpaired) electrons. The minimum absolute atomic E-state index is 0.114. The molecule has 1 aromatic rings. The Hall–Kier alpha value is -2.12. The average Bonchev–Trinajstić information content (AvgIpc) is 2.15. The van der Waals surface area contributed by atoms with Gasteiger partial charge in [0.15, 0.2) is 0 Å². The number of hydrogen-bond donors (Lipinski definition) is 2. The first kappa shape index (κ1) is 12.9. The van der Waals surface area contributed by atoms with Crippen LogP contribution >= 0.6 is 0 Å². The Morgan fingerprint density at radius 2 is 1.94 bits per heavy atom. The number of amides is 3. The van der Waals surface area contributed by atoms with E-state index < -0.39 is 23.7 Å². The highest BCUT2D eigenvalue weighted by Crippen LogP contribution is 2.28. The number of imide groups is 1. The molecule has 0 aliphatic carbocycles. The molecule has 0 aromatic carbocycles. The summed E-state index contributed by atoms with van der Waals surface area (Å²) in [5.41, 5.74) is -0.934. The zero-order chi connectivity index (χ0) is 13.1. The maximum absolute atomic E-state index is 12.2. The number of aromatic nitrogens is 1. The SMILES string of the molecule is [CH2]C(=O)NC(=O)Nc1ccc(C(F)(F)F)cn1. The fourth-order valence-corrected chi connectivity index (χ4v) is 0.910. The Balaban J connectivity index is 2.69. The van der Waals surface area contributed by atoms with E-state index in [0.29, 0.717) is 6.20 Å². The van der Waals surface area contributed by atoms with E-state index in [0.717, 1.165) is 12.1 Å². The lowest BCUT2D eigenvalue weighted by Gasteiger charge is -2.07. The van der Waals surface area contributed by atoms with Crippen LogP contribution in [0.4, 0.5) is 23.8 Å². The lowest BCUT2D eigenvalue weighted by Crippen LogP contribution is -2.32. The van der Waals surface area contributed by atoms with Gasteiger partial charge in [-0.25, -0.2) is 9.78 Å². The zero-order valence-electron chi connectivity index (χ0n) is 8.34. The van der Waals surface area contributed by atoms with Crippen LogP contribution < -0.4 is 10.6 Å². The molecule has 0 fully saturated rings. The van der Waals surface area contributed by atoms with E-state index in [1.807, 2.05) is 0 Å². The maximum atomic E-state index is 12.2. The Bertz CT molecular complexity index is 428. The van der Waals surface area contributed by atoms with Gasteiger partial charge in [0.05, 0.1) is 5.56 Å². The fourth-order valence-electron chi connectivity index (χ4n) is 0.910. The van der Waals surface area contributed by atoms with Gasteiger partial charge in [-0.3, -0.25) is 15.4 Å². The van der Waals surface area contributed by atoms with E-state index >= 15 is 0 Å². The Morgan fingerprint density at radius 1 is 1.29 bits per heavy atom. The van der Waals surface area contributed by atoms with Crippen LogP contribution in [0.15, 0.2) is 18.3 Å². The number of rotatable bonds is 1. The van der Waals surface area contributed by atoms with E-state index in [9.17, 15) is 22.8 Å².